The van der Waals surface area contributed by atoms with Crippen LogP contribution in [0.3, 0.4) is 0 Å². The van der Waals surface area contributed by atoms with E-state index < -0.39 is 0 Å². The Hall–Kier alpha value is -1.99. The van der Waals surface area contributed by atoms with Gasteiger partial charge < -0.3 is 18.8 Å². The standard InChI is InChI=1S/C16H22N4O3/c1-11-9-20(2)10-14(22-11)16-19-18-15(23-16)5-4-12-6-13(21-3)8-17-7-12/h6-8,11,14H,4-5,9-10H2,1-3H3/t11-,14-/m1/s1. The number of morpholine rings is 1. The van der Waals surface area contributed by atoms with Crippen LogP contribution in [0.25, 0.3) is 0 Å². The molecule has 1 aliphatic heterocycles. The molecule has 0 N–H and O–H groups in total. The predicted molar refractivity (Wildman–Crippen MR) is 83.3 cm³/mol. The molecule has 0 amide bonds. The van der Waals surface area contributed by atoms with Gasteiger partial charge in [0.15, 0.2) is 0 Å². The lowest BCUT2D eigenvalue weighted by Crippen LogP contribution is -2.40. The molecule has 0 bridgehead atoms. The monoisotopic (exact) mass is 318 g/mol. The summed E-state index contributed by atoms with van der Waals surface area (Å²) in [6.45, 7) is 3.74. The number of likely N-dealkylation sites (N-methyl/N-ethyl adjacent to an activating group) is 1. The molecule has 124 valence electrons. The molecular weight excluding hydrogens is 296 g/mol. The highest BCUT2D eigenvalue weighted by molar-refractivity contribution is 5.23. The Kier molecular flexibility index (Phi) is 4.88. The highest BCUT2D eigenvalue weighted by atomic mass is 16.5. The normalized spacial score (nSPS) is 22.2. The van der Waals surface area contributed by atoms with Gasteiger partial charge in [0, 0.05) is 25.7 Å². The lowest BCUT2D eigenvalue weighted by Gasteiger charge is -2.32. The number of pyridine rings is 1. The summed E-state index contributed by atoms with van der Waals surface area (Å²) in [5.41, 5.74) is 1.08. The molecule has 23 heavy (non-hydrogen) atoms. The Morgan fingerprint density at radius 2 is 2.13 bits per heavy atom. The summed E-state index contributed by atoms with van der Waals surface area (Å²) < 4.78 is 16.8. The summed E-state index contributed by atoms with van der Waals surface area (Å²) in [5, 5.41) is 8.28. The van der Waals surface area contributed by atoms with Crippen molar-refractivity contribution in [1.82, 2.24) is 20.1 Å². The Morgan fingerprint density at radius 3 is 2.91 bits per heavy atom. The van der Waals surface area contributed by atoms with Crippen LogP contribution in [-0.2, 0) is 17.6 Å². The van der Waals surface area contributed by atoms with Crippen molar-refractivity contribution in [1.29, 1.82) is 0 Å². The highest BCUT2D eigenvalue weighted by Crippen LogP contribution is 2.23. The number of hydrogen-bond acceptors (Lipinski definition) is 7. The van der Waals surface area contributed by atoms with E-state index in [2.05, 4.69) is 34.1 Å². The Labute approximate surface area is 135 Å². The van der Waals surface area contributed by atoms with E-state index in [1.165, 1.54) is 0 Å². The molecule has 1 fully saturated rings. The van der Waals surface area contributed by atoms with Gasteiger partial charge in [0.2, 0.25) is 11.8 Å². The van der Waals surface area contributed by atoms with Crippen molar-refractivity contribution >= 4 is 0 Å². The van der Waals surface area contributed by atoms with E-state index in [-0.39, 0.29) is 12.2 Å². The van der Waals surface area contributed by atoms with Crippen molar-refractivity contribution in [3.63, 3.8) is 0 Å². The maximum absolute atomic E-state index is 5.88. The SMILES string of the molecule is COc1cncc(CCc2nnc([C@H]3CN(C)C[C@@H](C)O3)o2)c1. The number of ether oxygens (including phenoxy) is 2. The summed E-state index contributed by atoms with van der Waals surface area (Å²) in [6.07, 6.45) is 4.96. The zero-order valence-corrected chi connectivity index (χ0v) is 13.7. The number of methoxy groups -OCH3 is 1. The number of nitrogens with zero attached hydrogens (tertiary/aromatic N) is 4. The smallest absolute Gasteiger partial charge is 0.246 e. The van der Waals surface area contributed by atoms with Gasteiger partial charge in [-0.2, -0.15) is 0 Å². The van der Waals surface area contributed by atoms with Gasteiger partial charge >= 0.3 is 0 Å². The van der Waals surface area contributed by atoms with Gasteiger partial charge in [-0.1, -0.05) is 0 Å². The first-order valence-corrected chi connectivity index (χ1v) is 7.78. The van der Waals surface area contributed by atoms with Gasteiger partial charge in [-0.3, -0.25) is 4.98 Å². The molecule has 7 heteroatoms. The van der Waals surface area contributed by atoms with Crippen molar-refractivity contribution in [2.45, 2.75) is 32.0 Å². The molecule has 3 rings (SSSR count). The van der Waals surface area contributed by atoms with Gasteiger partial charge in [0.25, 0.3) is 0 Å². The van der Waals surface area contributed by atoms with E-state index >= 15 is 0 Å². The third-order valence-corrected chi connectivity index (χ3v) is 3.83. The van der Waals surface area contributed by atoms with E-state index in [4.69, 9.17) is 13.9 Å². The second-order valence-corrected chi connectivity index (χ2v) is 5.92. The van der Waals surface area contributed by atoms with Gasteiger partial charge in [0.05, 0.1) is 19.4 Å². The van der Waals surface area contributed by atoms with Crippen molar-refractivity contribution in [3.05, 3.63) is 35.8 Å². The molecule has 2 aromatic heterocycles. The second kappa shape index (κ2) is 7.06. The van der Waals surface area contributed by atoms with Crippen LogP contribution in [-0.4, -0.2) is 53.4 Å². The van der Waals surface area contributed by atoms with E-state index in [0.29, 0.717) is 18.2 Å². The molecule has 0 aromatic carbocycles. The van der Waals surface area contributed by atoms with E-state index in [1.807, 2.05) is 12.3 Å². The Morgan fingerprint density at radius 1 is 1.26 bits per heavy atom. The zero-order valence-electron chi connectivity index (χ0n) is 13.7. The number of aryl methyl sites for hydroxylation is 2. The molecule has 7 nitrogen and oxygen atoms in total. The Bertz CT molecular complexity index is 636. The predicted octanol–water partition coefficient (Wildman–Crippen LogP) is 1.65. The zero-order chi connectivity index (χ0) is 16.2. The maximum atomic E-state index is 5.88. The minimum atomic E-state index is -0.150. The van der Waals surface area contributed by atoms with Crippen LogP contribution in [0, 0.1) is 0 Å². The van der Waals surface area contributed by atoms with E-state index in [9.17, 15) is 0 Å². The summed E-state index contributed by atoms with van der Waals surface area (Å²) in [6, 6.07) is 1.96. The van der Waals surface area contributed by atoms with Crippen LogP contribution in [0.15, 0.2) is 22.9 Å². The molecular formula is C16H22N4O3. The van der Waals surface area contributed by atoms with Gasteiger partial charge in [-0.25, -0.2) is 0 Å². The van der Waals surface area contributed by atoms with Crippen LogP contribution in [0.5, 0.6) is 5.75 Å². The molecule has 2 atom stereocenters. The topological polar surface area (TPSA) is 73.5 Å². The quantitative estimate of drug-likeness (QED) is 0.830. The van der Waals surface area contributed by atoms with Crippen LogP contribution >= 0.6 is 0 Å². The van der Waals surface area contributed by atoms with Gasteiger partial charge in [-0.05, 0) is 32.0 Å². The summed E-state index contributed by atoms with van der Waals surface area (Å²) in [4.78, 5) is 6.36. The minimum Gasteiger partial charge on any atom is -0.495 e. The van der Waals surface area contributed by atoms with E-state index in [1.54, 1.807) is 13.3 Å². The van der Waals surface area contributed by atoms with Gasteiger partial charge in [0.1, 0.15) is 11.9 Å². The lowest BCUT2D eigenvalue weighted by molar-refractivity contribution is -0.0825. The molecule has 1 saturated heterocycles. The number of rotatable bonds is 5. The summed E-state index contributed by atoms with van der Waals surface area (Å²) in [5.74, 6) is 1.93. The van der Waals surface area contributed by atoms with Crippen LogP contribution in [0.2, 0.25) is 0 Å². The summed E-state index contributed by atoms with van der Waals surface area (Å²) >= 11 is 0. The fourth-order valence-electron chi connectivity index (χ4n) is 2.76. The van der Waals surface area contributed by atoms with Crippen molar-refractivity contribution in [2.75, 3.05) is 27.2 Å². The minimum absolute atomic E-state index is 0.150. The van der Waals surface area contributed by atoms with Crippen LogP contribution in [0.1, 0.15) is 30.4 Å². The molecule has 3 heterocycles. The molecule has 0 radical (unpaired) electrons. The molecule has 1 aliphatic rings. The number of aromatic nitrogens is 3. The fourth-order valence-corrected chi connectivity index (χ4v) is 2.76. The highest BCUT2D eigenvalue weighted by Gasteiger charge is 2.28. The molecule has 0 spiro atoms. The van der Waals surface area contributed by atoms with E-state index in [0.717, 1.165) is 30.8 Å². The molecule has 0 aliphatic carbocycles. The Balaban J connectivity index is 1.60. The summed E-state index contributed by atoms with van der Waals surface area (Å²) in [7, 11) is 3.70. The van der Waals surface area contributed by atoms with Crippen LogP contribution < -0.4 is 4.74 Å². The largest absolute Gasteiger partial charge is 0.495 e. The average Bonchev–Trinajstić information content (AvgIpc) is 3.01. The first kappa shape index (κ1) is 15.9. The third kappa shape index (κ3) is 4.05. The first-order valence-electron chi connectivity index (χ1n) is 7.78. The lowest BCUT2D eigenvalue weighted by atomic mass is 10.1. The molecule has 0 saturated carbocycles. The fraction of sp³-hybridized carbons (Fsp3) is 0.562. The molecule has 2 aromatic rings. The first-order chi connectivity index (χ1) is 11.1. The number of hydrogen-bond donors (Lipinski definition) is 0. The second-order valence-electron chi connectivity index (χ2n) is 5.92. The van der Waals surface area contributed by atoms with Gasteiger partial charge in [-0.15, -0.1) is 10.2 Å². The molecule has 0 unspecified atom stereocenters. The third-order valence-electron chi connectivity index (χ3n) is 3.83. The van der Waals surface area contributed by atoms with Crippen molar-refractivity contribution in [2.24, 2.45) is 0 Å². The maximum Gasteiger partial charge on any atom is 0.246 e. The average molecular weight is 318 g/mol. The van der Waals surface area contributed by atoms with Crippen molar-refractivity contribution in [3.8, 4) is 5.75 Å². The van der Waals surface area contributed by atoms with Crippen LogP contribution in [0.4, 0.5) is 0 Å². The van der Waals surface area contributed by atoms with Crippen molar-refractivity contribution < 1.29 is 13.9 Å².